The van der Waals surface area contributed by atoms with E-state index in [2.05, 4.69) is 25.2 Å². The molecular formula is C19H28N2O2. The third-order valence-electron chi connectivity index (χ3n) is 4.21. The number of carbonyl (C=O) groups is 1. The quantitative estimate of drug-likeness (QED) is 0.885. The summed E-state index contributed by atoms with van der Waals surface area (Å²) >= 11 is 0. The molecule has 0 saturated carbocycles. The van der Waals surface area contributed by atoms with Crippen molar-refractivity contribution < 1.29 is 9.90 Å². The first-order valence-corrected chi connectivity index (χ1v) is 7.91. The summed E-state index contributed by atoms with van der Waals surface area (Å²) in [5.41, 5.74) is 4.53. The molecule has 0 bridgehead atoms. The summed E-state index contributed by atoms with van der Waals surface area (Å²) in [4.78, 5) is 14.2. The summed E-state index contributed by atoms with van der Waals surface area (Å²) in [6.07, 6.45) is 4.27. The van der Waals surface area contributed by atoms with Gasteiger partial charge in [-0.25, -0.2) is 4.79 Å². The highest BCUT2D eigenvalue weighted by Crippen LogP contribution is 2.24. The normalized spacial score (nSPS) is 15.1. The fraction of sp³-hybridized carbons (Fsp3) is 0.421. The molecule has 1 aliphatic rings. The zero-order chi connectivity index (χ0) is 17.4. The molecule has 1 aromatic carbocycles. The number of allylic oxidation sites excluding steroid dienone is 3. The minimum Gasteiger partial charge on any atom is -0.400 e. The summed E-state index contributed by atoms with van der Waals surface area (Å²) in [6, 6.07) is 10.1. The van der Waals surface area contributed by atoms with Crippen LogP contribution in [-0.2, 0) is 0 Å². The Bertz CT molecular complexity index is 576. The highest BCUT2D eigenvalue weighted by atomic mass is 16.2. The predicted molar refractivity (Wildman–Crippen MR) is 95.0 cm³/mol. The molecule has 2 amide bonds. The topological polar surface area (TPSA) is 52.6 Å². The first kappa shape index (κ1) is 19.0. The molecule has 0 aromatic heterocycles. The number of rotatable bonds is 3. The summed E-state index contributed by atoms with van der Waals surface area (Å²) in [5, 5.41) is 10.1. The van der Waals surface area contributed by atoms with Crippen molar-refractivity contribution in [3.8, 4) is 0 Å². The molecule has 126 valence electrons. The maximum atomic E-state index is 12.5. The summed E-state index contributed by atoms with van der Waals surface area (Å²) in [7, 11) is 2.84. The van der Waals surface area contributed by atoms with E-state index in [1.807, 2.05) is 44.3 Å². The SMILES string of the molecule is CC1=CCCC(C)=C1NC(=O)N(C)C(C)c1ccccc1.CO. The number of aliphatic hydroxyl groups excluding tert-OH is 1. The monoisotopic (exact) mass is 316 g/mol. The van der Waals surface area contributed by atoms with Crippen molar-refractivity contribution in [2.45, 2.75) is 39.7 Å². The number of hydrogen-bond acceptors (Lipinski definition) is 2. The zero-order valence-corrected chi connectivity index (χ0v) is 14.8. The number of nitrogens with one attached hydrogen (secondary N) is 1. The Morgan fingerprint density at radius 3 is 2.39 bits per heavy atom. The van der Waals surface area contributed by atoms with E-state index in [1.165, 1.54) is 5.57 Å². The van der Waals surface area contributed by atoms with Crippen LogP contribution in [0.1, 0.15) is 45.2 Å². The van der Waals surface area contributed by atoms with Gasteiger partial charge in [-0.05, 0) is 50.3 Å². The molecule has 0 spiro atoms. The maximum absolute atomic E-state index is 12.5. The average molecular weight is 316 g/mol. The maximum Gasteiger partial charge on any atom is 0.322 e. The molecule has 0 saturated heterocycles. The van der Waals surface area contributed by atoms with Gasteiger partial charge in [0.1, 0.15) is 0 Å². The van der Waals surface area contributed by atoms with Crippen LogP contribution in [0.3, 0.4) is 0 Å². The molecule has 23 heavy (non-hydrogen) atoms. The molecule has 0 fully saturated rings. The highest BCUT2D eigenvalue weighted by Gasteiger charge is 2.20. The van der Waals surface area contributed by atoms with Crippen molar-refractivity contribution in [3.63, 3.8) is 0 Å². The summed E-state index contributed by atoms with van der Waals surface area (Å²) < 4.78 is 0. The smallest absolute Gasteiger partial charge is 0.322 e. The second-order valence-corrected chi connectivity index (χ2v) is 5.71. The predicted octanol–water partition coefficient (Wildman–Crippen LogP) is 4.01. The van der Waals surface area contributed by atoms with Crippen molar-refractivity contribution in [2.24, 2.45) is 0 Å². The van der Waals surface area contributed by atoms with E-state index < -0.39 is 0 Å². The molecular weight excluding hydrogens is 288 g/mol. The lowest BCUT2D eigenvalue weighted by atomic mass is 9.98. The molecule has 0 radical (unpaired) electrons. The Labute approximate surface area is 139 Å². The van der Waals surface area contributed by atoms with Crippen LogP contribution in [0.25, 0.3) is 0 Å². The van der Waals surface area contributed by atoms with Crippen LogP contribution in [-0.4, -0.2) is 30.2 Å². The molecule has 0 aliphatic heterocycles. The highest BCUT2D eigenvalue weighted by molar-refractivity contribution is 5.77. The zero-order valence-electron chi connectivity index (χ0n) is 14.8. The molecule has 2 N–H and O–H groups in total. The second-order valence-electron chi connectivity index (χ2n) is 5.71. The van der Waals surface area contributed by atoms with Crippen molar-refractivity contribution in [1.29, 1.82) is 0 Å². The van der Waals surface area contributed by atoms with Gasteiger partial charge < -0.3 is 15.3 Å². The minimum atomic E-state index is -0.0599. The van der Waals surface area contributed by atoms with Gasteiger partial charge in [-0.2, -0.15) is 0 Å². The summed E-state index contributed by atoms with van der Waals surface area (Å²) in [6.45, 7) is 6.19. The van der Waals surface area contributed by atoms with E-state index in [0.29, 0.717) is 0 Å². The molecule has 1 unspecified atom stereocenters. The number of urea groups is 1. The standard InChI is InChI=1S/C18H24N2O.CH4O/c1-13-9-8-10-14(2)17(13)19-18(21)20(4)15(3)16-11-6-5-7-12-16;1-2/h5-7,9,11-12,15H,8,10H2,1-4H3,(H,19,21);2H,1H3. The van der Waals surface area contributed by atoms with Gasteiger partial charge in [0, 0.05) is 19.9 Å². The molecule has 1 aliphatic carbocycles. The van der Waals surface area contributed by atoms with Crippen LogP contribution >= 0.6 is 0 Å². The van der Waals surface area contributed by atoms with E-state index >= 15 is 0 Å². The third kappa shape index (κ3) is 4.96. The Morgan fingerprint density at radius 1 is 1.22 bits per heavy atom. The van der Waals surface area contributed by atoms with Gasteiger partial charge in [0.15, 0.2) is 0 Å². The van der Waals surface area contributed by atoms with E-state index in [9.17, 15) is 4.79 Å². The average Bonchev–Trinajstić information content (AvgIpc) is 2.59. The largest absolute Gasteiger partial charge is 0.400 e. The first-order chi connectivity index (χ1) is 11.0. The van der Waals surface area contributed by atoms with Crippen LogP contribution < -0.4 is 5.32 Å². The van der Waals surface area contributed by atoms with E-state index in [0.717, 1.165) is 36.8 Å². The Hall–Kier alpha value is -2.07. The van der Waals surface area contributed by atoms with Gasteiger partial charge in [-0.1, -0.05) is 36.4 Å². The van der Waals surface area contributed by atoms with Gasteiger partial charge in [0.05, 0.1) is 6.04 Å². The molecule has 1 atom stereocenters. The second kappa shape index (κ2) is 9.16. The van der Waals surface area contributed by atoms with Crippen LogP contribution in [0.5, 0.6) is 0 Å². The number of nitrogens with zero attached hydrogens (tertiary/aromatic N) is 1. The van der Waals surface area contributed by atoms with Gasteiger partial charge in [-0.3, -0.25) is 0 Å². The van der Waals surface area contributed by atoms with E-state index in [-0.39, 0.29) is 12.1 Å². The van der Waals surface area contributed by atoms with Crippen molar-refractivity contribution >= 4 is 6.03 Å². The van der Waals surface area contributed by atoms with Crippen molar-refractivity contribution in [3.05, 3.63) is 58.8 Å². The lowest BCUT2D eigenvalue weighted by Gasteiger charge is -2.27. The molecule has 1 aromatic rings. The van der Waals surface area contributed by atoms with Crippen LogP contribution in [0.2, 0.25) is 0 Å². The first-order valence-electron chi connectivity index (χ1n) is 7.91. The third-order valence-corrected chi connectivity index (χ3v) is 4.21. The Balaban J connectivity index is 0.00000127. The number of hydrogen-bond donors (Lipinski definition) is 2. The van der Waals surface area contributed by atoms with Crippen LogP contribution in [0.4, 0.5) is 4.79 Å². The minimum absolute atomic E-state index is 0.0417. The van der Waals surface area contributed by atoms with Crippen LogP contribution in [0, 0.1) is 0 Å². The Morgan fingerprint density at radius 2 is 1.83 bits per heavy atom. The lowest BCUT2D eigenvalue weighted by Crippen LogP contribution is -2.39. The molecule has 0 heterocycles. The molecule has 2 rings (SSSR count). The number of benzene rings is 1. The van der Waals surface area contributed by atoms with Gasteiger partial charge in [0.2, 0.25) is 0 Å². The molecule has 4 heteroatoms. The number of aliphatic hydroxyl groups is 1. The Kier molecular flexibility index (Phi) is 7.55. The van der Waals surface area contributed by atoms with Gasteiger partial charge in [0.25, 0.3) is 0 Å². The van der Waals surface area contributed by atoms with Crippen molar-refractivity contribution in [2.75, 3.05) is 14.2 Å². The summed E-state index contributed by atoms with van der Waals surface area (Å²) in [5.74, 6) is 0. The van der Waals surface area contributed by atoms with Crippen molar-refractivity contribution in [1.82, 2.24) is 10.2 Å². The number of amides is 2. The van der Waals surface area contributed by atoms with Gasteiger partial charge >= 0.3 is 6.03 Å². The van der Waals surface area contributed by atoms with E-state index in [1.54, 1.807) is 4.90 Å². The van der Waals surface area contributed by atoms with Crippen LogP contribution in [0.15, 0.2) is 53.3 Å². The molecule has 4 nitrogen and oxygen atoms in total. The van der Waals surface area contributed by atoms with Gasteiger partial charge in [-0.15, -0.1) is 0 Å². The number of carbonyl (C=O) groups excluding carboxylic acids is 1. The van der Waals surface area contributed by atoms with E-state index in [4.69, 9.17) is 5.11 Å². The lowest BCUT2D eigenvalue weighted by molar-refractivity contribution is 0.197. The fourth-order valence-corrected chi connectivity index (χ4v) is 2.60. The fourth-order valence-electron chi connectivity index (χ4n) is 2.60.